The second-order valence-electron chi connectivity index (χ2n) is 9.06. The van der Waals surface area contributed by atoms with Crippen molar-refractivity contribution in [1.82, 2.24) is 19.4 Å². The summed E-state index contributed by atoms with van der Waals surface area (Å²) in [6.07, 6.45) is 10.1. The third-order valence-electron chi connectivity index (χ3n) is 7.37. The minimum Gasteiger partial charge on any atom is -0.336 e. The van der Waals surface area contributed by atoms with Gasteiger partial charge >= 0.3 is 0 Å². The molecule has 2 amide bonds. The number of nitrogens with one attached hydrogen (secondary N) is 1. The molecule has 3 aliphatic rings. The molecule has 6 rings (SSSR count). The Bertz CT molecular complexity index is 1250. The molecule has 0 unspecified atom stereocenters. The number of anilines is 1. The molecule has 2 aromatic heterocycles. The van der Waals surface area contributed by atoms with Crippen LogP contribution in [0.15, 0.2) is 48.9 Å². The summed E-state index contributed by atoms with van der Waals surface area (Å²) < 4.78 is 1.91. The number of fused-ring (bicyclic) bond motifs is 3. The number of amides is 2. The number of likely N-dealkylation sites (tertiary alicyclic amines) is 1. The van der Waals surface area contributed by atoms with Gasteiger partial charge in [-0.05, 0) is 55.4 Å². The predicted octanol–water partition coefficient (Wildman–Crippen LogP) is 3.17. The van der Waals surface area contributed by atoms with Gasteiger partial charge in [0.15, 0.2) is 0 Å². The van der Waals surface area contributed by atoms with Crippen molar-refractivity contribution in [2.75, 3.05) is 11.9 Å². The van der Waals surface area contributed by atoms with E-state index in [0.717, 1.165) is 42.6 Å². The van der Waals surface area contributed by atoms with Crippen LogP contribution in [-0.4, -0.2) is 37.8 Å². The van der Waals surface area contributed by atoms with E-state index >= 15 is 0 Å². The zero-order chi connectivity index (χ0) is 21.9. The molecule has 1 N–H and O–H groups in total. The third-order valence-corrected chi connectivity index (χ3v) is 7.37. The van der Waals surface area contributed by atoms with E-state index in [1.165, 1.54) is 5.56 Å². The van der Waals surface area contributed by atoms with E-state index in [-0.39, 0.29) is 11.8 Å². The molecule has 2 aliphatic heterocycles. The summed E-state index contributed by atoms with van der Waals surface area (Å²) in [5.74, 6) is 0.562. The molecule has 1 saturated heterocycles. The van der Waals surface area contributed by atoms with E-state index in [1.807, 2.05) is 53.0 Å². The molecule has 7 nitrogen and oxygen atoms in total. The highest BCUT2D eigenvalue weighted by atomic mass is 16.2. The summed E-state index contributed by atoms with van der Waals surface area (Å²) >= 11 is 0. The van der Waals surface area contributed by atoms with Crippen molar-refractivity contribution in [3.8, 4) is 0 Å². The van der Waals surface area contributed by atoms with Crippen molar-refractivity contribution in [3.63, 3.8) is 0 Å². The minimum absolute atomic E-state index is 0.0643. The van der Waals surface area contributed by atoms with Gasteiger partial charge in [-0.15, -0.1) is 0 Å². The summed E-state index contributed by atoms with van der Waals surface area (Å²) in [4.78, 5) is 38.3. The number of carbonyl (C=O) groups is 2. The SMILES string of the molecule is Cn1ccnc1[C@@H]1N(C(=O)c2cnc3c(c2)CCCC3)CC[C@]12C(=O)Nc1ccccc12. The Labute approximate surface area is 186 Å². The maximum absolute atomic E-state index is 13.8. The van der Waals surface area contributed by atoms with Gasteiger partial charge in [0.05, 0.1) is 5.56 Å². The van der Waals surface area contributed by atoms with Gasteiger partial charge < -0.3 is 14.8 Å². The number of aromatic nitrogens is 3. The molecular formula is C25H25N5O2. The Morgan fingerprint density at radius 3 is 2.88 bits per heavy atom. The maximum Gasteiger partial charge on any atom is 0.256 e. The van der Waals surface area contributed by atoms with Crippen LogP contribution in [0.3, 0.4) is 0 Å². The van der Waals surface area contributed by atoms with Gasteiger partial charge in [-0.3, -0.25) is 14.6 Å². The lowest BCUT2D eigenvalue weighted by Gasteiger charge is -2.33. The molecule has 0 bridgehead atoms. The van der Waals surface area contributed by atoms with E-state index in [2.05, 4.69) is 15.3 Å². The van der Waals surface area contributed by atoms with Crippen molar-refractivity contribution in [3.05, 3.63) is 77.1 Å². The fraction of sp³-hybridized carbons (Fsp3) is 0.360. The summed E-state index contributed by atoms with van der Waals surface area (Å²) in [7, 11) is 1.91. The minimum atomic E-state index is -0.854. The van der Waals surface area contributed by atoms with Crippen molar-refractivity contribution in [1.29, 1.82) is 0 Å². The van der Waals surface area contributed by atoms with E-state index < -0.39 is 11.5 Å². The summed E-state index contributed by atoms with van der Waals surface area (Å²) in [5, 5.41) is 3.06. The molecule has 1 spiro atoms. The number of hydrogen-bond donors (Lipinski definition) is 1. The molecule has 32 heavy (non-hydrogen) atoms. The first-order valence-electron chi connectivity index (χ1n) is 11.3. The van der Waals surface area contributed by atoms with Gasteiger partial charge in [0.1, 0.15) is 17.3 Å². The number of benzene rings is 1. The Hall–Kier alpha value is -3.48. The number of nitrogens with zero attached hydrogens (tertiary/aromatic N) is 4. The third kappa shape index (κ3) is 2.60. The van der Waals surface area contributed by atoms with Crippen LogP contribution in [0.5, 0.6) is 0 Å². The number of rotatable bonds is 2. The van der Waals surface area contributed by atoms with Gasteiger partial charge in [0.25, 0.3) is 5.91 Å². The fourth-order valence-electron chi connectivity index (χ4n) is 5.78. The van der Waals surface area contributed by atoms with Crippen LogP contribution in [0.1, 0.15) is 58.3 Å². The molecule has 0 radical (unpaired) electrons. The molecule has 162 valence electrons. The first-order chi connectivity index (χ1) is 15.6. The largest absolute Gasteiger partial charge is 0.336 e. The van der Waals surface area contributed by atoms with Gasteiger partial charge in [-0.1, -0.05) is 18.2 Å². The zero-order valence-corrected chi connectivity index (χ0v) is 18.0. The second-order valence-corrected chi connectivity index (χ2v) is 9.06. The van der Waals surface area contributed by atoms with Gasteiger partial charge in [0.2, 0.25) is 5.91 Å². The first-order valence-corrected chi connectivity index (χ1v) is 11.3. The normalized spacial score (nSPS) is 23.8. The highest BCUT2D eigenvalue weighted by Gasteiger charge is 2.60. The van der Waals surface area contributed by atoms with Crippen LogP contribution in [0, 0.1) is 0 Å². The smallest absolute Gasteiger partial charge is 0.256 e. The zero-order valence-electron chi connectivity index (χ0n) is 18.0. The van der Waals surface area contributed by atoms with Crippen molar-refractivity contribution in [2.24, 2.45) is 7.05 Å². The van der Waals surface area contributed by atoms with E-state index in [1.54, 1.807) is 12.4 Å². The highest BCUT2D eigenvalue weighted by molar-refractivity contribution is 6.08. The van der Waals surface area contributed by atoms with Crippen LogP contribution in [0.25, 0.3) is 0 Å². The first kappa shape index (κ1) is 19.2. The lowest BCUT2D eigenvalue weighted by molar-refractivity contribution is -0.121. The summed E-state index contributed by atoms with van der Waals surface area (Å²) in [6, 6.07) is 9.31. The monoisotopic (exact) mass is 427 g/mol. The number of imidazole rings is 1. The fourth-order valence-corrected chi connectivity index (χ4v) is 5.78. The predicted molar refractivity (Wildman–Crippen MR) is 119 cm³/mol. The van der Waals surface area contributed by atoms with Crippen LogP contribution >= 0.6 is 0 Å². The highest BCUT2D eigenvalue weighted by Crippen LogP contribution is 2.54. The molecular weight excluding hydrogens is 402 g/mol. The lowest BCUT2D eigenvalue weighted by atomic mass is 9.74. The number of carbonyl (C=O) groups excluding carboxylic acids is 2. The van der Waals surface area contributed by atoms with Crippen LogP contribution < -0.4 is 5.32 Å². The van der Waals surface area contributed by atoms with Crippen LogP contribution in [0.2, 0.25) is 0 Å². The Morgan fingerprint density at radius 2 is 2.03 bits per heavy atom. The molecule has 0 saturated carbocycles. The molecule has 3 aromatic rings. The van der Waals surface area contributed by atoms with Gasteiger partial charge in [-0.25, -0.2) is 4.98 Å². The summed E-state index contributed by atoms with van der Waals surface area (Å²) in [5.41, 5.74) is 3.78. The quantitative estimate of drug-likeness (QED) is 0.681. The van der Waals surface area contributed by atoms with Crippen molar-refractivity contribution >= 4 is 17.5 Å². The molecule has 4 heterocycles. The lowest BCUT2D eigenvalue weighted by Crippen LogP contribution is -2.43. The van der Waals surface area contributed by atoms with Crippen LogP contribution in [0.4, 0.5) is 5.69 Å². The molecule has 1 aromatic carbocycles. The molecule has 7 heteroatoms. The van der Waals surface area contributed by atoms with Crippen molar-refractivity contribution < 1.29 is 9.59 Å². The van der Waals surface area contributed by atoms with Gasteiger partial charge in [0, 0.05) is 43.6 Å². The summed E-state index contributed by atoms with van der Waals surface area (Å²) in [6.45, 7) is 0.481. The molecule has 2 atom stereocenters. The van der Waals surface area contributed by atoms with Gasteiger partial charge in [-0.2, -0.15) is 0 Å². The van der Waals surface area contributed by atoms with Crippen molar-refractivity contribution in [2.45, 2.75) is 43.6 Å². The average Bonchev–Trinajstić information content (AvgIpc) is 3.49. The topological polar surface area (TPSA) is 80.1 Å². The van der Waals surface area contributed by atoms with E-state index in [4.69, 9.17) is 0 Å². The average molecular weight is 428 g/mol. The number of para-hydroxylation sites is 1. The Morgan fingerprint density at radius 1 is 1.19 bits per heavy atom. The Kier molecular flexibility index (Phi) is 4.22. The molecule has 1 fully saturated rings. The van der Waals surface area contributed by atoms with E-state index in [0.29, 0.717) is 24.4 Å². The number of hydrogen-bond acceptors (Lipinski definition) is 4. The molecule has 1 aliphatic carbocycles. The maximum atomic E-state index is 13.8. The van der Waals surface area contributed by atoms with E-state index in [9.17, 15) is 9.59 Å². The Balaban J connectivity index is 1.47. The second kappa shape index (κ2) is 7.02. The number of aryl methyl sites for hydroxylation is 3. The van der Waals surface area contributed by atoms with Crippen LogP contribution in [-0.2, 0) is 30.1 Å². The number of pyridine rings is 1. The standard InChI is InChI=1S/C25H25N5O2/c1-29-13-11-26-22(29)21-25(18-7-3-5-9-20(18)28-24(25)32)10-12-30(21)23(31)17-14-16-6-2-4-8-19(16)27-15-17/h3,5,7,9,11,13-15,21H,2,4,6,8,10,12H2,1H3,(H,28,32)/t21-,25+/m0/s1.